The Morgan fingerprint density at radius 1 is 1.27 bits per heavy atom. The fourth-order valence-electron chi connectivity index (χ4n) is 2.87. The predicted octanol–water partition coefficient (Wildman–Crippen LogP) is 3.85. The summed E-state index contributed by atoms with van der Waals surface area (Å²) >= 11 is 0. The van der Waals surface area contributed by atoms with E-state index in [1.165, 1.54) is 0 Å². The van der Waals surface area contributed by atoms with Crippen LogP contribution >= 0.6 is 0 Å². The quantitative estimate of drug-likeness (QED) is 0.931. The highest BCUT2D eigenvalue weighted by Gasteiger charge is 2.26. The largest absolute Gasteiger partial charge is 0.493 e. The first-order valence-electron chi connectivity index (χ1n) is 7.44. The molecular formula is C18H18O4. The Balaban J connectivity index is 1.92. The highest BCUT2D eigenvalue weighted by atomic mass is 16.5. The topological polar surface area (TPSA) is 55.8 Å². The normalized spacial score (nSPS) is 16.5. The molecule has 0 amide bonds. The summed E-state index contributed by atoms with van der Waals surface area (Å²) in [5, 5.41) is 9.33. The molecule has 1 N–H and O–H groups in total. The van der Waals surface area contributed by atoms with E-state index in [-0.39, 0.29) is 6.10 Å². The fourth-order valence-corrected chi connectivity index (χ4v) is 2.87. The van der Waals surface area contributed by atoms with E-state index in [1.807, 2.05) is 37.3 Å². The van der Waals surface area contributed by atoms with Crippen LogP contribution in [-0.2, 0) is 6.42 Å². The van der Waals surface area contributed by atoms with E-state index in [4.69, 9.17) is 9.47 Å². The molecule has 114 valence electrons. The van der Waals surface area contributed by atoms with Gasteiger partial charge in [-0.1, -0.05) is 24.3 Å². The molecule has 0 aliphatic carbocycles. The Bertz CT molecular complexity index is 693. The van der Waals surface area contributed by atoms with Crippen LogP contribution in [0.25, 0.3) is 0 Å². The standard InChI is InChI=1S/C18H18O4/c1-2-21-15-8-5-9-16-14(15)10-11-17(22-16)12-6-3-4-7-13(12)18(19)20/h3-9,17H,2,10-11H2,1H3,(H,19,20). The van der Waals surface area contributed by atoms with Gasteiger partial charge in [0.15, 0.2) is 0 Å². The lowest BCUT2D eigenvalue weighted by Crippen LogP contribution is -2.18. The average molecular weight is 298 g/mol. The summed E-state index contributed by atoms with van der Waals surface area (Å²) in [7, 11) is 0. The molecule has 1 aliphatic heterocycles. The molecule has 0 radical (unpaired) electrons. The third kappa shape index (κ3) is 2.64. The molecule has 0 aromatic heterocycles. The first-order valence-corrected chi connectivity index (χ1v) is 7.44. The summed E-state index contributed by atoms with van der Waals surface area (Å²) in [5.74, 6) is 0.709. The second kappa shape index (κ2) is 6.10. The second-order valence-electron chi connectivity index (χ2n) is 5.20. The van der Waals surface area contributed by atoms with Crippen molar-refractivity contribution in [1.29, 1.82) is 0 Å². The average Bonchev–Trinajstić information content (AvgIpc) is 2.55. The Kier molecular flexibility index (Phi) is 4.00. The highest BCUT2D eigenvalue weighted by Crippen LogP contribution is 2.40. The van der Waals surface area contributed by atoms with Crippen LogP contribution in [0.4, 0.5) is 0 Å². The maximum absolute atomic E-state index is 11.4. The minimum Gasteiger partial charge on any atom is -0.493 e. The van der Waals surface area contributed by atoms with Gasteiger partial charge in [-0.05, 0) is 38.0 Å². The van der Waals surface area contributed by atoms with E-state index in [0.29, 0.717) is 12.2 Å². The molecule has 0 saturated carbocycles. The van der Waals surface area contributed by atoms with E-state index in [2.05, 4.69) is 0 Å². The molecule has 2 aromatic carbocycles. The van der Waals surface area contributed by atoms with Gasteiger partial charge in [0.1, 0.15) is 17.6 Å². The van der Waals surface area contributed by atoms with Crippen molar-refractivity contribution < 1.29 is 19.4 Å². The van der Waals surface area contributed by atoms with Crippen LogP contribution in [0.2, 0.25) is 0 Å². The zero-order valence-electron chi connectivity index (χ0n) is 12.4. The molecule has 4 heteroatoms. The van der Waals surface area contributed by atoms with Crippen LogP contribution in [0.15, 0.2) is 42.5 Å². The van der Waals surface area contributed by atoms with Crippen LogP contribution in [0.1, 0.15) is 40.9 Å². The Morgan fingerprint density at radius 2 is 2.09 bits per heavy atom. The van der Waals surface area contributed by atoms with E-state index < -0.39 is 5.97 Å². The van der Waals surface area contributed by atoms with Crippen molar-refractivity contribution in [3.63, 3.8) is 0 Å². The van der Waals surface area contributed by atoms with E-state index in [9.17, 15) is 9.90 Å². The summed E-state index contributed by atoms with van der Waals surface area (Å²) < 4.78 is 11.7. The van der Waals surface area contributed by atoms with Gasteiger partial charge in [0.2, 0.25) is 0 Å². The Morgan fingerprint density at radius 3 is 2.86 bits per heavy atom. The van der Waals surface area contributed by atoms with Gasteiger partial charge in [0, 0.05) is 11.1 Å². The first kappa shape index (κ1) is 14.4. The number of rotatable bonds is 4. The van der Waals surface area contributed by atoms with Crippen molar-refractivity contribution in [2.75, 3.05) is 6.61 Å². The smallest absolute Gasteiger partial charge is 0.336 e. The molecule has 2 aromatic rings. The lowest BCUT2D eigenvalue weighted by Gasteiger charge is -2.28. The Labute approximate surface area is 129 Å². The van der Waals surface area contributed by atoms with Crippen LogP contribution < -0.4 is 9.47 Å². The lowest BCUT2D eigenvalue weighted by atomic mass is 9.94. The molecule has 1 aliphatic rings. The minimum absolute atomic E-state index is 0.239. The van der Waals surface area contributed by atoms with Crippen LogP contribution in [-0.4, -0.2) is 17.7 Å². The van der Waals surface area contributed by atoms with Gasteiger partial charge in [0.25, 0.3) is 0 Å². The monoisotopic (exact) mass is 298 g/mol. The third-order valence-corrected chi connectivity index (χ3v) is 3.85. The maximum Gasteiger partial charge on any atom is 0.336 e. The van der Waals surface area contributed by atoms with Gasteiger partial charge in [-0.2, -0.15) is 0 Å². The number of ether oxygens (including phenoxy) is 2. The number of hydrogen-bond donors (Lipinski definition) is 1. The summed E-state index contributed by atoms with van der Waals surface area (Å²) in [6.07, 6.45) is 1.31. The van der Waals surface area contributed by atoms with Crippen molar-refractivity contribution in [2.24, 2.45) is 0 Å². The maximum atomic E-state index is 11.4. The van der Waals surface area contributed by atoms with Crippen LogP contribution in [0.3, 0.4) is 0 Å². The predicted molar refractivity (Wildman–Crippen MR) is 82.7 cm³/mol. The van der Waals surface area contributed by atoms with Gasteiger partial charge in [-0.3, -0.25) is 0 Å². The SMILES string of the molecule is CCOc1cccc2c1CCC(c1ccccc1C(=O)O)O2. The van der Waals surface area contributed by atoms with Gasteiger partial charge in [-0.15, -0.1) is 0 Å². The van der Waals surface area contributed by atoms with Crippen molar-refractivity contribution in [2.45, 2.75) is 25.9 Å². The van der Waals surface area contributed by atoms with Crippen LogP contribution in [0.5, 0.6) is 11.5 Å². The summed E-state index contributed by atoms with van der Waals surface area (Å²) in [6, 6.07) is 12.8. The molecule has 0 fully saturated rings. The van der Waals surface area contributed by atoms with E-state index >= 15 is 0 Å². The summed E-state index contributed by atoms with van der Waals surface area (Å²) in [4.78, 5) is 11.4. The molecule has 3 rings (SSSR count). The van der Waals surface area contributed by atoms with E-state index in [1.54, 1.807) is 12.1 Å². The molecule has 22 heavy (non-hydrogen) atoms. The lowest BCUT2D eigenvalue weighted by molar-refractivity contribution is 0.0689. The van der Waals surface area contributed by atoms with E-state index in [0.717, 1.165) is 35.5 Å². The van der Waals surface area contributed by atoms with Crippen molar-refractivity contribution in [1.82, 2.24) is 0 Å². The number of fused-ring (bicyclic) bond motifs is 1. The summed E-state index contributed by atoms with van der Waals surface area (Å²) in [6.45, 7) is 2.57. The van der Waals surface area contributed by atoms with Gasteiger partial charge < -0.3 is 14.6 Å². The van der Waals surface area contributed by atoms with Crippen LogP contribution in [0, 0.1) is 0 Å². The molecule has 0 saturated heterocycles. The number of hydrogen-bond acceptors (Lipinski definition) is 3. The fraction of sp³-hybridized carbons (Fsp3) is 0.278. The van der Waals surface area contributed by atoms with Gasteiger partial charge in [-0.25, -0.2) is 4.79 Å². The zero-order valence-corrected chi connectivity index (χ0v) is 12.4. The number of carbonyl (C=O) groups is 1. The molecule has 1 atom stereocenters. The molecule has 0 bridgehead atoms. The highest BCUT2D eigenvalue weighted by molar-refractivity contribution is 5.89. The molecule has 1 heterocycles. The van der Waals surface area contributed by atoms with Crippen molar-refractivity contribution in [3.05, 3.63) is 59.2 Å². The number of benzene rings is 2. The third-order valence-electron chi connectivity index (χ3n) is 3.85. The first-order chi connectivity index (χ1) is 10.7. The summed E-state index contributed by atoms with van der Waals surface area (Å²) in [5.41, 5.74) is 2.09. The second-order valence-corrected chi connectivity index (χ2v) is 5.20. The van der Waals surface area contributed by atoms with Crippen molar-refractivity contribution in [3.8, 4) is 11.5 Å². The Hall–Kier alpha value is -2.49. The molecular weight excluding hydrogens is 280 g/mol. The molecule has 1 unspecified atom stereocenters. The zero-order chi connectivity index (χ0) is 15.5. The number of aromatic carboxylic acids is 1. The number of carboxylic acids is 1. The minimum atomic E-state index is -0.923. The molecule has 4 nitrogen and oxygen atoms in total. The number of carboxylic acid groups (broad SMARTS) is 1. The van der Waals surface area contributed by atoms with Gasteiger partial charge in [0.05, 0.1) is 12.2 Å². The molecule has 0 spiro atoms. The van der Waals surface area contributed by atoms with Gasteiger partial charge >= 0.3 is 5.97 Å². The van der Waals surface area contributed by atoms with Crippen molar-refractivity contribution >= 4 is 5.97 Å².